The van der Waals surface area contributed by atoms with E-state index < -0.39 is 0 Å². The minimum atomic E-state index is -0.306. The van der Waals surface area contributed by atoms with Crippen LogP contribution in [0, 0.1) is 6.92 Å². The number of aryl methyl sites for hydroxylation is 1. The van der Waals surface area contributed by atoms with E-state index in [0.717, 1.165) is 25.2 Å². The van der Waals surface area contributed by atoms with Crippen molar-refractivity contribution in [2.24, 2.45) is 0 Å². The monoisotopic (exact) mass is 303 g/mol. The number of hydrogen-bond acceptors (Lipinski definition) is 4. The number of nitrogens with one attached hydrogen (secondary N) is 1. The minimum Gasteiger partial charge on any atom is -0.399 e. The molecule has 1 unspecified atom stereocenters. The smallest absolute Gasteiger partial charge is 0.399 e. The predicted molar refractivity (Wildman–Crippen MR) is 88.5 cm³/mol. The Hall–Kier alpha value is -0.875. The van der Waals surface area contributed by atoms with E-state index in [0.29, 0.717) is 0 Å². The lowest BCUT2D eigenvalue weighted by Crippen LogP contribution is -2.41. The molecule has 2 aliphatic heterocycles. The molecule has 0 spiro atoms. The Morgan fingerprint density at radius 2 is 1.82 bits per heavy atom. The fraction of sp³-hybridized carbons (Fsp3) is 0.647. The zero-order valence-corrected chi connectivity index (χ0v) is 14.2. The third-order valence-corrected chi connectivity index (χ3v) is 5.10. The van der Waals surface area contributed by atoms with Crippen LogP contribution in [0.25, 0.3) is 0 Å². The van der Waals surface area contributed by atoms with Gasteiger partial charge >= 0.3 is 7.12 Å². The van der Waals surface area contributed by atoms with E-state index in [9.17, 15) is 0 Å². The van der Waals surface area contributed by atoms with Crippen LogP contribution in [0.4, 0.5) is 0 Å². The first-order valence-electron chi connectivity index (χ1n) is 8.08. The largest absolute Gasteiger partial charge is 0.495 e. The summed E-state index contributed by atoms with van der Waals surface area (Å²) in [4.78, 5) is 0. The molecule has 2 fully saturated rings. The Labute approximate surface area is 133 Å². The topological polar surface area (TPSA) is 39.7 Å². The second kappa shape index (κ2) is 5.64. The maximum Gasteiger partial charge on any atom is 0.495 e. The number of benzene rings is 1. The normalized spacial score (nSPS) is 27.1. The minimum absolute atomic E-state index is 0.139. The molecule has 0 aromatic heterocycles. The van der Waals surface area contributed by atoms with E-state index in [4.69, 9.17) is 14.0 Å². The molecular weight excluding hydrogens is 277 g/mol. The zero-order valence-electron chi connectivity index (χ0n) is 14.2. The molecule has 2 saturated heterocycles. The van der Waals surface area contributed by atoms with Crippen molar-refractivity contribution in [2.75, 3.05) is 19.7 Å². The molecule has 5 heteroatoms. The van der Waals surface area contributed by atoms with Gasteiger partial charge in [-0.25, -0.2) is 0 Å². The van der Waals surface area contributed by atoms with E-state index in [-0.39, 0.29) is 24.4 Å². The summed E-state index contributed by atoms with van der Waals surface area (Å²) >= 11 is 0. The number of morpholine rings is 1. The summed E-state index contributed by atoms with van der Waals surface area (Å²) in [5.41, 5.74) is 2.89. The van der Waals surface area contributed by atoms with Gasteiger partial charge in [0.2, 0.25) is 0 Å². The fourth-order valence-corrected chi connectivity index (χ4v) is 2.91. The maximum atomic E-state index is 6.15. The van der Waals surface area contributed by atoms with Crippen molar-refractivity contribution >= 4 is 12.6 Å². The highest BCUT2D eigenvalue weighted by atomic mass is 16.7. The van der Waals surface area contributed by atoms with Crippen molar-refractivity contribution in [1.82, 2.24) is 5.32 Å². The average Bonchev–Trinajstić information content (AvgIpc) is 2.68. The van der Waals surface area contributed by atoms with Crippen LogP contribution in [-0.2, 0) is 14.0 Å². The molecule has 1 aromatic rings. The van der Waals surface area contributed by atoms with E-state index in [2.05, 4.69) is 58.1 Å². The molecule has 120 valence electrons. The van der Waals surface area contributed by atoms with Crippen LogP contribution in [0.2, 0.25) is 0 Å². The Bertz CT molecular complexity index is 537. The standard InChI is InChI=1S/C17H26BNO3/c1-12-10-13(15-11-19-8-9-20-15)6-7-14(12)18-21-16(2,3)17(4,5)22-18/h6-7,10,15,19H,8-9,11H2,1-5H3. The molecule has 1 N–H and O–H groups in total. The zero-order chi connectivity index (χ0) is 16.0. The first kappa shape index (κ1) is 16.0. The highest BCUT2D eigenvalue weighted by Gasteiger charge is 2.52. The molecule has 0 radical (unpaired) electrons. The first-order valence-corrected chi connectivity index (χ1v) is 8.08. The van der Waals surface area contributed by atoms with E-state index in [1.54, 1.807) is 0 Å². The van der Waals surface area contributed by atoms with Crippen molar-refractivity contribution in [3.8, 4) is 0 Å². The molecule has 1 aromatic carbocycles. The van der Waals surface area contributed by atoms with Gasteiger partial charge in [-0.3, -0.25) is 0 Å². The van der Waals surface area contributed by atoms with Gasteiger partial charge in [0, 0.05) is 13.1 Å². The Kier molecular flexibility index (Phi) is 4.10. The van der Waals surface area contributed by atoms with Crippen molar-refractivity contribution in [2.45, 2.75) is 51.9 Å². The Balaban J connectivity index is 1.81. The summed E-state index contributed by atoms with van der Waals surface area (Å²) in [6.45, 7) is 13.0. The van der Waals surface area contributed by atoms with Gasteiger partial charge in [0.15, 0.2) is 0 Å². The van der Waals surface area contributed by atoms with E-state index in [1.807, 2.05) is 0 Å². The lowest BCUT2D eigenvalue weighted by atomic mass is 9.75. The van der Waals surface area contributed by atoms with Gasteiger partial charge in [-0.1, -0.05) is 23.8 Å². The lowest BCUT2D eigenvalue weighted by molar-refractivity contribution is 0.00578. The Morgan fingerprint density at radius 3 is 2.36 bits per heavy atom. The third-order valence-electron chi connectivity index (χ3n) is 5.10. The van der Waals surface area contributed by atoms with Crippen LogP contribution in [0.1, 0.15) is 44.9 Å². The highest BCUT2D eigenvalue weighted by Crippen LogP contribution is 2.36. The molecule has 1 atom stereocenters. The predicted octanol–water partition coefficient (Wildman–Crippen LogP) is 1.96. The molecule has 0 bridgehead atoms. The fourth-order valence-electron chi connectivity index (χ4n) is 2.91. The van der Waals surface area contributed by atoms with Gasteiger partial charge in [-0.15, -0.1) is 0 Å². The van der Waals surface area contributed by atoms with Crippen LogP contribution in [0.15, 0.2) is 18.2 Å². The SMILES string of the molecule is Cc1cc(C2CNCCO2)ccc1B1OC(C)(C)C(C)(C)O1. The van der Waals surface area contributed by atoms with Crippen molar-refractivity contribution in [3.63, 3.8) is 0 Å². The second-order valence-electron chi connectivity index (χ2n) is 7.27. The van der Waals surface area contributed by atoms with Gasteiger partial charge < -0.3 is 19.4 Å². The summed E-state index contributed by atoms with van der Waals surface area (Å²) in [6, 6.07) is 6.44. The number of hydrogen-bond donors (Lipinski definition) is 1. The third kappa shape index (κ3) is 2.83. The summed E-state index contributed by atoms with van der Waals surface area (Å²) in [6.07, 6.45) is 0.139. The van der Waals surface area contributed by atoms with Crippen LogP contribution in [-0.4, -0.2) is 38.0 Å². The second-order valence-corrected chi connectivity index (χ2v) is 7.27. The van der Waals surface area contributed by atoms with Gasteiger partial charge in [0.1, 0.15) is 0 Å². The highest BCUT2D eigenvalue weighted by molar-refractivity contribution is 6.62. The quantitative estimate of drug-likeness (QED) is 0.848. The van der Waals surface area contributed by atoms with Crippen LogP contribution in [0.5, 0.6) is 0 Å². The van der Waals surface area contributed by atoms with Gasteiger partial charge in [0.25, 0.3) is 0 Å². The molecule has 0 saturated carbocycles. The molecule has 22 heavy (non-hydrogen) atoms. The van der Waals surface area contributed by atoms with Crippen LogP contribution >= 0.6 is 0 Å². The molecule has 3 rings (SSSR count). The molecule has 2 aliphatic rings. The van der Waals surface area contributed by atoms with Gasteiger partial charge in [-0.2, -0.15) is 0 Å². The maximum absolute atomic E-state index is 6.15. The summed E-state index contributed by atoms with van der Waals surface area (Å²) in [5.74, 6) is 0. The summed E-state index contributed by atoms with van der Waals surface area (Å²) in [5, 5.41) is 3.37. The van der Waals surface area contributed by atoms with E-state index in [1.165, 1.54) is 11.1 Å². The number of ether oxygens (including phenoxy) is 1. The molecular formula is C17H26BNO3. The van der Waals surface area contributed by atoms with Crippen molar-refractivity contribution in [3.05, 3.63) is 29.3 Å². The Morgan fingerprint density at radius 1 is 1.14 bits per heavy atom. The van der Waals surface area contributed by atoms with E-state index >= 15 is 0 Å². The van der Waals surface area contributed by atoms with Crippen molar-refractivity contribution < 1.29 is 14.0 Å². The molecule has 0 aliphatic carbocycles. The first-order chi connectivity index (χ1) is 10.3. The molecule has 2 heterocycles. The van der Waals surface area contributed by atoms with Crippen molar-refractivity contribution in [1.29, 1.82) is 0 Å². The summed E-state index contributed by atoms with van der Waals surface area (Å²) in [7, 11) is -0.301. The lowest BCUT2D eigenvalue weighted by Gasteiger charge is -2.32. The van der Waals surface area contributed by atoms with Gasteiger partial charge in [-0.05, 0) is 45.6 Å². The summed E-state index contributed by atoms with van der Waals surface area (Å²) < 4.78 is 18.1. The van der Waals surface area contributed by atoms with Crippen LogP contribution < -0.4 is 10.8 Å². The number of rotatable bonds is 2. The molecule has 4 nitrogen and oxygen atoms in total. The van der Waals surface area contributed by atoms with Crippen LogP contribution in [0.3, 0.4) is 0 Å². The molecule has 0 amide bonds. The average molecular weight is 303 g/mol. The van der Waals surface area contributed by atoms with Gasteiger partial charge in [0.05, 0.1) is 23.9 Å².